The van der Waals surface area contributed by atoms with Crippen LogP contribution in [0, 0.1) is 6.92 Å². The number of hydrogen-bond donors (Lipinski definition) is 3. The van der Waals surface area contributed by atoms with Gasteiger partial charge in [-0.1, -0.05) is 42.5 Å². The molecule has 0 spiro atoms. The van der Waals surface area contributed by atoms with Gasteiger partial charge in [0, 0.05) is 22.4 Å². The second-order valence-electron chi connectivity index (χ2n) is 6.75. The summed E-state index contributed by atoms with van der Waals surface area (Å²) in [6.07, 6.45) is 0. The van der Waals surface area contributed by atoms with E-state index in [1.807, 2.05) is 56.3 Å². The summed E-state index contributed by atoms with van der Waals surface area (Å²) in [7, 11) is 0. The minimum Gasteiger partial charge on any atom is -0.507 e. The lowest BCUT2D eigenvalue weighted by Gasteiger charge is -2.15. The van der Waals surface area contributed by atoms with Crippen LogP contribution in [-0.2, 0) is 0 Å². The molecule has 0 bridgehead atoms. The molecule has 1 heterocycles. The summed E-state index contributed by atoms with van der Waals surface area (Å²) in [5.74, 6) is 0.195. The van der Waals surface area contributed by atoms with E-state index < -0.39 is 0 Å². The molecular formula is C22H20N2O2. The predicted molar refractivity (Wildman–Crippen MR) is 107 cm³/mol. The number of phenolic OH excluding ortho intramolecular Hbond substituents is 1. The normalized spacial score (nSPS) is 12.6. The van der Waals surface area contributed by atoms with Gasteiger partial charge in [-0.25, -0.2) is 0 Å². The Labute approximate surface area is 150 Å². The first-order valence-electron chi connectivity index (χ1n) is 8.60. The number of aromatic nitrogens is 1. The number of aryl methyl sites for hydroxylation is 1. The third-order valence-corrected chi connectivity index (χ3v) is 4.91. The first kappa shape index (κ1) is 16.4. The van der Waals surface area contributed by atoms with Crippen LogP contribution in [-0.4, -0.2) is 10.1 Å². The van der Waals surface area contributed by atoms with Crippen molar-refractivity contribution in [1.29, 1.82) is 0 Å². The summed E-state index contributed by atoms with van der Waals surface area (Å²) in [4.78, 5) is 15.4. The Morgan fingerprint density at radius 2 is 1.69 bits per heavy atom. The molecular weight excluding hydrogens is 324 g/mol. The van der Waals surface area contributed by atoms with E-state index in [-0.39, 0.29) is 17.4 Å². The van der Waals surface area contributed by atoms with Crippen molar-refractivity contribution in [1.82, 2.24) is 4.98 Å². The Kier molecular flexibility index (Phi) is 3.78. The van der Waals surface area contributed by atoms with Crippen LogP contribution in [0.25, 0.3) is 32.8 Å². The zero-order valence-electron chi connectivity index (χ0n) is 14.7. The van der Waals surface area contributed by atoms with Gasteiger partial charge in [0.1, 0.15) is 5.75 Å². The monoisotopic (exact) mass is 344 g/mol. The zero-order valence-corrected chi connectivity index (χ0v) is 14.7. The number of aromatic hydroxyl groups is 1. The van der Waals surface area contributed by atoms with Crippen LogP contribution in [0.3, 0.4) is 0 Å². The average molecular weight is 344 g/mol. The molecule has 0 fully saturated rings. The summed E-state index contributed by atoms with van der Waals surface area (Å²) in [6, 6.07) is 17.0. The van der Waals surface area contributed by atoms with Crippen molar-refractivity contribution in [2.45, 2.75) is 19.9 Å². The molecule has 0 aliphatic heterocycles. The molecule has 4 heteroatoms. The van der Waals surface area contributed by atoms with Gasteiger partial charge in [-0.3, -0.25) is 4.79 Å². The molecule has 0 amide bonds. The summed E-state index contributed by atoms with van der Waals surface area (Å²) in [5.41, 5.74) is 10.0. The van der Waals surface area contributed by atoms with Gasteiger partial charge in [-0.05, 0) is 48.1 Å². The molecule has 0 aliphatic carbocycles. The van der Waals surface area contributed by atoms with E-state index >= 15 is 0 Å². The Balaban J connectivity index is 2.15. The van der Waals surface area contributed by atoms with Crippen LogP contribution in [0.2, 0.25) is 0 Å². The molecule has 0 unspecified atom stereocenters. The second kappa shape index (κ2) is 6.00. The molecule has 4 nitrogen and oxygen atoms in total. The number of pyridine rings is 1. The van der Waals surface area contributed by atoms with Gasteiger partial charge in [0.25, 0.3) is 5.56 Å². The van der Waals surface area contributed by atoms with Crippen molar-refractivity contribution < 1.29 is 5.11 Å². The number of phenols is 1. The summed E-state index contributed by atoms with van der Waals surface area (Å²) >= 11 is 0. The topological polar surface area (TPSA) is 79.1 Å². The predicted octanol–water partition coefficient (Wildman–Crippen LogP) is 4.38. The quantitative estimate of drug-likeness (QED) is 0.472. The van der Waals surface area contributed by atoms with Crippen LogP contribution in [0.4, 0.5) is 0 Å². The molecule has 26 heavy (non-hydrogen) atoms. The number of nitrogens with two attached hydrogens (primary N) is 1. The molecule has 0 saturated heterocycles. The minimum absolute atomic E-state index is 0.0513. The molecule has 1 aromatic heterocycles. The molecule has 4 rings (SSSR count). The molecule has 4 aromatic rings. The van der Waals surface area contributed by atoms with Crippen molar-refractivity contribution in [3.63, 3.8) is 0 Å². The van der Waals surface area contributed by atoms with Crippen molar-refractivity contribution in [3.8, 4) is 16.9 Å². The molecule has 3 aromatic carbocycles. The van der Waals surface area contributed by atoms with Crippen LogP contribution in [0.15, 0.2) is 59.4 Å². The van der Waals surface area contributed by atoms with Gasteiger partial charge < -0.3 is 15.8 Å². The van der Waals surface area contributed by atoms with E-state index in [4.69, 9.17) is 5.73 Å². The second-order valence-corrected chi connectivity index (χ2v) is 6.75. The van der Waals surface area contributed by atoms with E-state index in [1.165, 1.54) is 0 Å². The standard InChI is InChI=1S/C22H20N2O2/c1-12-11-18(25)19(15-9-7-14(8-10-15)13(2)23)20-16-5-3-4-6-17(16)22(26)24-21(12)20/h3-11,13,25H,23H2,1-2H3,(H,24,26)/t13-/m1/s1. The third kappa shape index (κ3) is 2.47. The zero-order chi connectivity index (χ0) is 18.4. The highest BCUT2D eigenvalue weighted by Crippen LogP contribution is 2.40. The maximum absolute atomic E-state index is 12.5. The number of fused-ring (bicyclic) bond motifs is 3. The minimum atomic E-state index is -0.125. The third-order valence-electron chi connectivity index (χ3n) is 4.91. The van der Waals surface area contributed by atoms with Gasteiger partial charge in [0.2, 0.25) is 0 Å². The Hall–Kier alpha value is -3.11. The molecule has 0 aliphatic rings. The van der Waals surface area contributed by atoms with Crippen molar-refractivity contribution in [2.75, 3.05) is 0 Å². The van der Waals surface area contributed by atoms with Crippen molar-refractivity contribution >= 4 is 21.7 Å². The maximum atomic E-state index is 12.5. The highest BCUT2D eigenvalue weighted by atomic mass is 16.3. The van der Waals surface area contributed by atoms with Gasteiger partial charge in [0.05, 0.1) is 5.52 Å². The Morgan fingerprint density at radius 1 is 1.04 bits per heavy atom. The largest absolute Gasteiger partial charge is 0.507 e. The number of H-pyrrole nitrogens is 1. The molecule has 1 atom stereocenters. The lowest BCUT2D eigenvalue weighted by atomic mass is 9.93. The Morgan fingerprint density at radius 3 is 2.35 bits per heavy atom. The smallest absolute Gasteiger partial charge is 0.256 e. The van der Waals surface area contributed by atoms with Crippen molar-refractivity contribution in [2.24, 2.45) is 5.73 Å². The molecule has 0 radical (unpaired) electrons. The van der Waals surface area contributed by atoms with E-state index in [9.17, 15) is 9.90 Å². The fraction of sp³-hybridized carbons (Fsp3) is 0.136. The summed E-state index contributed by atoms with van der Waals surface area (Å²) in [5, 5.41) is 13.0. The van der Waals surface area contributed by atoms with Gasteiger partial charge in [-0.2, -0.15) is 0 Å². The van der Waals surface area contributed by atoms with Crippen LogP contribution < -0.4 is 11.3 Å². The Bertz CT molecular complexity index is 1190. The summed E-state index contributed by atoms with van der Waals surface area (Å²) < 4.78 is 0. The molecule has 0 saturated carbocycles. The van der Waals surface area contributed by atoms with Gasteiger partial charge in [0.15, 0.2) is 0 Å². The van der Waals surface area contributed by atoms with Crippen LogP contribution >= 0.6 is 0 Å². The van der Waals surface area contributed by atoms with Crippen molar-refractivity contribution in [3.05, 3.63) is 76.1 Å². The maximum Gasteiger partial charge on any atom is 0.256 e. The van der Waals surface area contributed by atoms with Crippen LogP contribution in [0.1, 0.15) is 24.1 Å². The fourth-order valence-corrected chi connectivity index (χ4v) is 3.56. The fourth-order valence-electron chi connectivity index (χ4n) is 3.56. The number of aromatic amines is 1. The van der Waals surface area contributed by atoms with E-state index in [1.54, 1.807) is 12.1 Å². The lowest BCUT2D eigenvalue weighted by Crippen LogP contribution is -2.07. The highest BCUT2D eigenvalue weighted by Gasteiger charge is 2.16. The van der Waals surface area contributed by atoms with Gasteiger partial charge in [-0.15, -0.1) is 0 Å². The number of nitrogens with one attached hydrogen (secondary N) is 1. The van der Waals surface area contributed by atoms with E-state index in [0.29, 0.717) is 10.9 Å². The molecule has 130 valence electrons. The first-order chi connectivity index (χ1) is 12.5. The number of benzene rings is 3. The van der Waals surface area contributed by atoms with Gasteiger partial charge >= 0.3 is 0 Å². The number of hydrogen-bond acceptors (Lipinski definition) is 3. The average Bonchev–Trinajstić information content (AvgIpc) is 2.63. The lowest BCUT2D eigenvalue weighted by molar-refractivity contribution is 0.477. The van der Waals surface area contributed by atoms with E-state index in [2.05, 4.69) is 4.98 Å². The van der Waals surface area contributed by atoms with E-state index in [0.717, 1.165) is 33.0 Å². The van der Waals surface area contributed by atoms with Crippen LogP contribution in [0.5, 0.6) is 5.75 Å². The summed E-state index contributed by atoms with van der Waals surface area (Å²) in [6.45, 7) is 3.82. The molecule has 4 N–H and O–H groups in total. The number of rotatable bonds is 2. The first-order valence-corrected chi connectivity index (χ1v) is 8.60. The highest BCUT2D eigenvalue weighted by molar-refractivity contribution is 6.14. The SMILES string of the molecule is Cc1cc(O)c(-c2ccc([C@@H](C)N)cc2)c2c1[nH]c(=O)c1ccccc12.